The van der Waals surface area contributed by atoms with Gasteiger partial charge in [0.05, 0.1) is 0 Å². The van der Waals surface area contributed by atoms with Crippen LogP contribution in [-0.4, -0.2) is 5.84 Å². The molecule has 0 aromatic rings. The number of nitriles is 1. The summed E-state index contributed by atoms with van der Waals surface area (Å²) >= 11 is 0. The molecule has 0 amide bonds. The summed E-state index contributed by atoms with van der Waals surface area (Å²) in [5.41, 5.74) is 0. The molecule has 0 atom stereocenters. The molecule has 9 heavy (non-hydrogen) atoms. The monoisotopic (exact) mass is 118 g/mol. The lowest BCUT2D eigenvalue weighted by Crippen LogP contribution is -2.07. The van der Waals surface area contributed by atoms with E-state index in [9.17, 15) is 0 Å². The fourth-order valence-corrected chi connectivity index (χ4v) is 0.471. The molecule has 1 rings (SSSR count). The summed E-state index contributed by atoms with van der Waals surface area (Å²) in [5.74, 6) is 0.458. The Bertz CT molecular complexity index is 217. The zero-order chi connectivity index (χ0) is 6.53. The third-order valence-corrected chi connectivity index (χ3v) is 0.814. The van der Waals surface area contributed by atoms with E-state index in [4.69, 9.17) is 5.26 Å². The lowest BCUT2D eigenvalue weighted by Gasteiger charge is -1.95. The van der Waals surface area contributed by atoms with Gasteiger partial charge in [-0.3, -0.25) is 0 Å². The lowest BCUT2D eigenvalue weighted by molar-refractivity contribution is 1.23. The van der Waals surface area contributed by atoms with Crippen molar-refractivity contribution >= 4 is 5.84 Å². The molecule has 1 aliphatic rings. The molecule has 43 valence electrons. The lowest BCUT2D eigenvalue weighted by atomic mass is 10.4. The Kier molecular flexibility index (Phi) is 1.66. The first-order valence-corrected chi connectivity index (χ1v) is 2.44. The molecule has 0 saturated carbocycles. The number of hydrogen-bond donors (Lipinski definition) is 0. The summed E-state index contributed by atoms with van der Waals surface area (Å²) in [6, 6.07) is 0. The van der Waals surface area contributed by atoms with E-state index in [1.54, 1.807) is 30.6 Å². The van der Waals surface area contributed by atoms with Crippen LogP contribution in [0.25, 0.3) is 0 Å². The van der Waals surface area contributed by atoms with Crippen molar-refractivity contribution < 1.29 is 0 Å². The maximum Gasteiger partial charge on any atom is 0.207 e. The second-order valence-corrected chi connectivity index (χ2v) is 1.40. The quantitative estimate of drug-likeness (QED) is 0.428. The molecule has 1 radical (unpaired) electrons. The molecule has 3 heteroatoms. The highest BCUT2D eigenvalue weighted by atomic mass is 15.0. The third kappa shape index (κ3) is 1.42. The SMILES string of the molecule is N#C/N=C1/C=CC=C[N]1. The Hall–Kier alpha value is -1.56. The smallest absolute Gasteiger partial charge is 0.207 e. The molecule has 0 aromatic heterocycles. The molecule has 1 heterocycles. The van der Waals surface area contributed by atoms with E-state index in [1.807, 2.05) is 0 Å². The zero-order valence-corrected chi connectivity index (χ0v) is 4.65. The van der Waals surface area contributed by atoms with Crippen molar-refractivity contribution in [3.63, 3.8) is 0 Å². The van der Waals surface area contributed by atoms with E-state index in [-0.39, 0.29) is 0 Å². The standard InChI is InChI=1S/C6H4N3/c7-5-9-6-3-1-2-4-8-6/h1-4H/b9-6-. The molecular weight excluding hydrogens is 114 g/mol. The van der Waals surface area contributed by atoms with Gasteiger partial charge >= 0.3 is 0 Å². The third-order valence-electron chi connectivity index (χ3n) is 0.814. The maximum atomic E-state index is 8.06. The first-order chi connectivity index (χ1) is 4.43. The van der Waals surface area contributed by atoms with Gasteiger partial charge in [0.1, 0.15) is 0 Å². The summed E-state index contributed by atoms with van der Waals surface area (Å²) in [5, 5.41) is 11.8. The summed E-state index contributed by atoms with van der Waals surface area (Å²) in [7, 11) is 0. The highest BCUT2D eigenvalue weighted by Crippen LogP contribution is 1.88. The van der Waals surface area contributed by atoms with Gasteiger partial charge in [0.2, 0.25) is 6.19 Å². The van der Waals surface area contributed by atoms with E-state index >= 15 is 0 Å². The molecule has 1 aliphatic heterocycles. The second-order valence-electron chi connectivity index (χ2n) is 1.40. The molecule has 0 unspecified atom stereocenters. The van der Waals surface area contributed by atoms with Crippen LogP contribution in [-0.2, 0) is 0 Å². The Morgan fingerprint density at radius 2 is 2.44 bits per heavy atom. The molecule has 3 nitrogen and oxygen atoms in total. The number of rotatable bonds is 0. The number of aliphatic imine (C=N–C) groups is 1. The summed E-state index contributed by atoms with van der Waals surface area (Å²) in [6.07, 6.45) is 8.46. The van der Waals surface area contributed by atoms with E-state index in [0.29, 0.717) is 5.84 Å². The predicted octanol–water partition coefficient (Wildman–Crippen LogP) is 0.554. The fraction of sp³-hybridized carbons (Fsp3) is 0. The van der Waals surface area contributed by atoms with Crippen molar-refractivity contribution in [1.29, 1.82) is 5.26 Å². The molecule has 0 saturated heterocycles. The van der Waals surface area contributed by atoms with Crippen molar-refractivity contribution in [3.05, 3.63) is 24.4 Å². The first kappa shape index (κ1) is 5.57. The van der Waals surface area contributed by atoms with Gasteiger partial charge in [0.15, 0.2) is 5.84 Å². The molecule has 0 N–H and O–H groups in total. The van der Waals surface area contributed by atoms with E-state index < -0.39 is 0 Å². The minimum Gasteiger partial charge on any atom is -0.236 e. The van der Waals surface area contributed by atoms with Crippen molar-refractivity contribution in [2.75, 3.05) is 0 Å². The molecule has 0 spiro atoms. The average molecular weight is 118 g/mol. The molecule has 0 bridgehead atoms. The van der Waals surface area contributed by atoms with E-state index in [1.165, 1.54) is 0 Å². The van der Waals surface area contributed by atoms with Gasteiger partial charge in [0, 0.05) is 6.20 Å². The molecule has 0 aromatic carbocycles. The van der Waals surface area contributed by atoms with Crippen molar-refractivity contribution in [2.24, 2.45) is 4.99 Å². The van der Waals surface area contributed by atoms with Gasteiger partial charge in [-0.2, -0.15) is 10.3 Å². The Morgan fingerprint density at radius 3 is 3.00 bits per heavy atom. The van der Waals surface area contributed by atoms with E-state index in [0.717, 1.165) is 0 Å². The average Bonchev–Trinajstić information content (AvgIpc) is 1.91. The minimum atomic E-state index is 0.458. The molecule has 0 aliphatic carbocycles. The van der Waals surface area contributed by atoms with Crippen LogP contribution in [0.4, 0.5) is 0 Å². The summed E-state index contributed by atoms with van der Waals surface area (Å²) in [6.45, 7) is 0. The van der Waals surface area contributed by atoms with Crippen LogP contribution in [0.5, 0.6) is 0 Å². The number of amidine groups is 1. The van der Waals surface area contributed by atoms with Gasteiger partial charge in [-0.25, -0.2) is 5.32 Å². The topological polar surface area (TPSA) is 50.2 Å². The maximum absolute atomic E-state index is 8.06. The van der Waals surface area contributed by atoms with Crippen molar-refractivity contribution in [1.82, 2.24) is 5.32 Å². The van der Waals surface area contributed by atoms with Gasteiger partial charge in [0.25, 0.3) is 0 Å². The summed E-state index contributed by atoms with van der Waals surface area (Å²) < 4.78 is 0. The Morgan fingerprint density at radius 1 is 1.56 bits per heavy atom. The van der Waals surface area contributed by atoms with Crippen LogP contribution in [0.2, 0.25) is 0 Å². The molecular formula is C6H4N3. The highest BCUT2D eigenvalue weighted by Gasteiger charge is 1.92. The second kappa shape index (κ2) is 2.68. The minimum absolute atomic E-state index is 0.458. The van der Waals surface area contributed by atoms with Crippen LogP contribution in [0, 0.1) is 11.5 Å². The van der Waals surface area contributed by atoms with Crippen LogP contribution in [0.3, 0.4) is 0 Å². The largest absolute Gasteiger partial charge is 0.236 e. The van der Waals surface area contributed by atoms with Gasteiger partial charge in [-0.1, -0.05) is 6.08 Å². The summed E-state index contributed by atoms with van der Waals surface area (Å²) in [4.78, 5) is 3.40. The number of nitrogens with zero attached hydrogens (tertiary/aromatic N) is 3. The highest BCUT2D eigenvalue weighted by molar-refractivity contribution is 5.95. The predicted molar refractivity (Wildman–Crippen MR) is 33.5 cm³/mol. The molecule has 0 fully saturated rings. The number of hydrogen-bond acceptors (Lipinski definition) is 2. The number of allylic oxidation sites excluding steroid dienone is 2. The Labute approximate surface area is 53.0 Å². The van der Waals surface area contributed by atoms with Gasteiger partial charge in [-0.15, -0.1) is 0 Å². The Balaban J connectivity index is 2.69. The zero-order valence-electron chi connectivity index (χ0n) is 4.65. The first-order valence-electron chi connectivity index (χ1n) is 2.44. The fourth-order valence-electron chi connectivity index (χ4n) is 0.471. The van der Waals surface area contributed by atoms with Crippen LogP contribution in [0.15, 0.2) is 29.4 Å². The van der Waals surface area contributed by atoms with Crippen LogP contribution >= 0.6 is 0 Å². The van der Waals surface area contributed by atoms with Crippen molar-refractivity contribution in [2.45, 2.75) is 0 Å². The van der Waals surface area contributed by atoms with Gasteiger partial charge < -0.3 is 0 Å². The van der Waals surface area contributed by atoms with Crippen LogP contribution < -0.4 is 5.32 Å². The van der Waals surface area contributed by atoms with Crippen molar-refractivity contribution in [3.8, 4) is 6.19 Å². The normalized spacial score (nSPS) is 19.2. The van der Waals surface area contributed by atoms with E-state index in [2.05, 4.69) is 10.3 Å². The van der Waals surface area contributed by atoms with Gasteiger partial charge in [-0.05, 0) is 12.2 Å². The van der Waals surface area contributed by atoms with Crippen LogP contribution in [0.1, 0.15) is 0 Å².